The Morgan fingerprint density at radius 2 is 1.74 bits per heavy atom. The first-order valence-corrected chi connectivity index (χ1v) is 11.7. The number of aryl methyl sites for hydroxylation is 1. The van der Waals surface area contributed by atoms with Crippen LogP contribution in [0.15, 0.2) is 73.1 Å². The van der Waals surface area contributed by atoms with Gasteiger partial charge in [0.15, 0.2) is 0 Å². The number of carbonyl (C=O) groups is 2. The van der Waals surface area contributed by atoms with Crippen molar-refractivity contribution in [3.05, 3.63) is 89.8 Å². The van der Waals surface area contributed by atoms with Crippen molar-refractivity contribution in [1.29, 1.82) is 0 Å². The van der Waals surface area contributed by atoms with Crippen LogP contribution >= 0.6 is 0 Å². The maximum atomic E-state index is 12.6. The second-order valence-corrected chi connectivity index (χ2v) is 8.45. The van der Waals surface area contributed by atoms with Crippen LogP contribution in [-0.4, -0.2) is 64.1 Å². The number of nitrogens with one attached hydrogen (secondary N) is 1. The van der Waals surface area contributed by atoms with Crippen LogP contribution in [0.5, 0.6) is 0 Å². The van der Waals surface area contributed by atoms with Gasteiger partial charge >= 0.3 is 0 Å². The van der Waals surface area contributed by atoms with Crippen LogP contribution in [-0.2, 0) is 22.6 Å². The van der Waals surface area contributed by atoms with Crippen LogP contribution in [0.4, 0.5) is 5.69 Å². The summed E-state index contributed by atoms with van der Waals surface area (Å²) in [4.78, 5) is 29.0. The molecule has 0 radical (unpaired) electrons. The molecule has 1 aliphatic heterocycles. The lowest BCUT2D eigenvalue weighted by atomic mass is 10.1. The molecule has 0 spiro atoms. The van der Waals surface area contributed by atoms with Crippen LogP contribution in [0.2, 0.25) is 0 Å². The Balaban J connectivity index is 1.22. The lowest BCUT2D eigenvalue weighted by Gasteiger charge is -2.33. The molecule has 1 aliphatic rings. The maximum absolute atomic E-state index is 12.6. The summed E-state index contributed by atoms with van der Waals surface area (Å²) in [6.07, 6.45) is 7.98. The minimum Gasteiger partial charge on any atom is -0.337 e. The molecular formula is C27H31N5O2. The highest BCUT2D eigenvalue weighted by atomic mass is 16.2. The van der Waals surface area contributed by atoms with Gasteiger partial charge in [-0.1, -0.05) is 55.5 Å². The summed E-state index contributed by atoms with van der Waals surface area (Å²) < 4.78 is 1.86. The average Bonchev–Trinajstić information content (AvgIpc) is 3.31. The molecule has 0 atom stereocenters. The van der Waals surface area contributed by atoms with Crippen molar-refractivity contribution in [3.8, 4) is 0 Å². The maximum Gasteiger partial charge on any atom is 0.246 e. The normalized spacial score (nSPS) is 14.4. The summed E-state index contributed by atoms with van der Waals surface area (Å²) in [7, 11) is 0. The lowest BCUT2D eigenvalue weighted by Crippen LogP contribution is -2.50. The summed E-state index contributed by atoms with van der Waals surface area (Å²) in [5.74, 6) is -0.0372. The molecule has 0 unspecified atom stereocenters. The van der Waals surface area contributed by atoms with E-state index in [4.69, 9.17) is 0 Å². The van der Waals surface area contributed by atoms with Gasteiger partial charge in [0.1, 0.15) is 0 Å². The standard InChI is InChI=1S/C27H31N5O2/c1-2-24-10-6-7-11-25(24)29-26(33)21-30-14-16-31(17-15-30)27(34)13-12-23-18-28-32(20-23)19-22-8-4-3-5-9-22/h3-13,18,20H,2,14-17,19,21H2,1H3,(H,29,33). The largest absolute Gasteiger partial charge is 0.337 e. The number of amides is 2. The van der Waals surface area contributed by atoms with Crippen LogP contribution in [0.1, 0.15) is 23.6 Å². The first-order valence-electron chi connectivity index (χ1n) is 11.7. The zero-order valence-electron chi connectivity index (χ0n) is 19.6. The Bertz CT molecular complexity index is 1130. The third-order valence-corrected chi connectivity index (χ3v) is 5.98. The van der Waals surface area contributed by atoms with Crippen molar-refractivity contribution in [1.82, 2.24) is 19.6 Å². The van der Waals surface area contributed by atoms with E-state index in [1.54, 1.807) is 12.3 Å². The second-order valence-electron chi connectivity index (χ2n) is 8.45. The van der Waals surface area contributed by atoms with Crippen LogP contribution in [0.25, 0.3) is 6.08 Å². The molecule has 2 heterocycles. The van der Waals surface area contributed by atoms with Gasteiger partial charge in [-0.2, -0.15) is 5.10 Å². The second kappa shape index (κ2) is 11.4. The van der Waals surface area contributed by atoms with Crippen LogP contribution in [0.3, 0.4) is 0 Å². The molecule has 2 amide bonds. The quantitative estimate of drug-likeness (QED) is 0.527. The van der Waals surface area contributed by atoms with Gasteiger partial charge in [-0.3, -0.25) is 19.2 Å². The van der Waals surface area contributed by atoms with E-state index in [-0.39, 0.29) is 11.8 Å². The number of piperazine rings is 1. The van der Waals surface area contributed by atoms with Gasteiger partial charge in [-0.15, -0.1) is 0 Å². The van der Waals surface area contributed by atoms with Crippen molar-refractivity contribution in [2.45, 2.75) is 19.9 Å². The van der Waals surface area contributed by atoms with Crippen LogP contribution in [0, 0.1) is 0 Å². The number of aromatic nitrogens is 2. The third kappa shape index (κ3) is 6.42. The lowest BCUT2D eigenvalue weighted by molar-refractivity contribution is -0.127. The number of hydrogen-bond acceptors (Lipinski definition) is 4. The molecule has 4 rings (SSSR count). The topological polar surface area (TPSA) is 70.5 Å². The van der Waals surface area contributed by atoms with E-state index < -0.39 is 0 Å². The van der Waals surface area contributed by atoms with Gasteiger partial charge in [0, 0.05) is 49.7 Å². The van der Waals surface area contributed by atoms with E-state index in [9.17, 15) is 9.59 Å². The fourth-order valence-corrected chi connectivity index (χ4v) is 4.07. The van der Waals surface area contributed by atoms with Crippen molar-refractivity contribution in [3.63, 3.8) is 0 Å². The molecule has 0 bridgehead atoms. The van der Waals surface area contributed by atoms with Gasteiger partial charge in [-0.05, 0) is 29.7 Å². The molecule has 7 nitrogen and oxygen atoms in total. The highest BCUT2D eigenvalue weighted by Gasteiger charge is 2.21. The number of para-hydroxylation sites is 1. The van der Waals surface area contributed by atoms with E-state index in [2.05, 4.69) is 34.4 Å². The first-order chi connectivity index (χ1) is 16.6. The molecule has 0 aliphatic carbocycles. The fourth-order valence-electron chi connectivity index (χ4n) is 4.07. The molecule has 7 heteroatoms. The molecule has 1 fully saturated rings. The van der Waals surface area contributed by atoms with Crippen LogP contribution < -0.4 is 5.32 Å². The van der Waals surface area contributed by atoms with Gasteiger partial charge in [0.05, 0.1) is 19.3 Å². The number of carbonyl (C=O) groups excluding carboxylic acids is 2. The number of anilines is 1. The molecular weight excluding hydrogens is 426 g/mol. The van der Waals surface area contributed by atoms with E-state index in [1.165, 1.54) is 5.56 Å². The van der Waals surface area contributed by atoms with E-state index in [0.717, 1.165) is 23.2 Å². The zero-order valence-corrected chi connectivity index (χ0v) is 19.6. The Labute approximate surface area is 200 Å². The molecule has 2 aromatic carbocycles. The van der Waals surface area contributed by atoms with Crippen molar-refractivity contribution in [2.75, 3.05) is 38.0 Å². The predicted octanol–water partition coefficient (Wildman–Crippen LogP) is 3.29. The van der Waals surface area contributed by atoms with Gasteiger partial charge in [0.2, 0.25) is 11.8 Å². The van der Waals surface area contributed by atoms with Crippen molar-refractivity contribution in [2.24, 2.45) is 0 Å². The van der Waals surface area contributed by atoms with Crippen molar-refractivity contribution < 1.29 is 9.59 Å². The molecule has 176 valence electrons. The van der Waals surface area contributed by atoms with E-state index in [0.29, 0.717) is 39.3 Å². The van der Waals surface area contributed by atoms with E-state index in [1.807, 2.05) is 64.3 Å². The zero-order chi connectivity index (χ0) is 23.8. The molecule has 0 saturated carbocycles. The highest BCUT2D eigenvalue weighted by molar-refractivity contribution is 5.93. The summed E-state index contributed by atoms with van der Waals surface area (Å²) in [5.41, 5.74) is 4.08. The van der Waals surface area contributed by atoms with E-state index >= 15 is 0 Å². The third-order valence-electron chi connectivity index (χ3n) is 5.98. The molecule has 3 aromatic rings. The van der Waals surface area contributed by atoms with Crippen molar-refractivity contribution >= 4 is 23.6 Å². The summed E-state index contributed by atoms with van der Waals surface area (Å²) in [6.45, 7) is 5.67. The molecule has 1 N–H and O–H groups in total. The van der Waals surface area contributed by atoms with Gasteiger partial charge in [0.25, 0.3) is 0 Å². The smallest absolute Gasteiger partial charge is 0.246 e. The molecule has 1 aromatic heterocycles. The average molecular weight is 458 g/mol. The number of nitrogens with zero attached hydrogens (tertiary/aromatic N) is 4. The summed E-state index contributed by atoms with van der Waals surface area (Å²) in [6, 6.07) is 18.0. The minimum absolute atomic E-state index is 0.0169. The summed E-state index contributed by atoms with van der Waals surface area (Å²) >= 11 is 0. The molecule has 34 heavy (non-hydrogen) atoms. The number of benzene rings is 2. The molecule has 1 saturated heterocycles. The van der Waals surface area contributed by atoms with Gasteiger partial charge < -0.3 is 10.2 Å². The predicted molar refractivity (Wildman–Crippen MR) is 134 cm³/mol. The SMILES string of the molecule is CCc1ccccc1NC(=O)CN1CCN(C(=O)C=Cc2cnn(Cc3ccccc3)c2)CC1. The fraction of sp³-hybridized carbons (Fsp3) is 0.296. The Hall–Kier alpha value is -3.71. The van der Waals surface area contributed by atoms with Gasteiger partial charge in [-0.25, -0.2) is 0 Å². The Morgan fingerprint density at radius 1 is 1.00 bits per heavy atom. The Morgan fingerprint density at radius 3 is 2.50 bits per heavy atom. The monoisotopic (exact) mass is 457 g/mol. The number of hydrogen-bond donors (Lipinski definition) is 1. The number of rotatable bonds is 8. The first kappa shape index (κ1) is 23.4. The summed E-state index contributed by atoms with van der Waals surface area (Å²) in [5, 5.41) is 7.39. The minimum atomic E-state index is -0.0203. The Kier molecular flexibility index (Phi) is 7.88. The highest BCUT2D eigenvalue weighted by Crippen LogP contribution is 2.15.